The van der Waals surface area contributed by atoms with Crippen LogP contribution in [-0.4, -0.2) is 47.8 Å². The number of carbonyl (C=O) groups excluding carboxylic acids is 2. The third kappa shape index (κ3) is 3.33. The van der Waals surface area contributed by atoms with Gasteiger partial charge in [0.05, 0.1) is 5.56 Å². The molecule has 0 bridgehead atoms. The first-order chi connectivity index (χ1) is 13.0. The highest BCUT2D eigenvalue weighted by atomic mass is 16.3. The second-order valence-corrected chi connectivity index (χ2v) is 6.97. The van der Waals surface area contributed by atoms with Crippen LogP contribution < -0.4 is 0 Å². The standard InChI is InChI=1S/C22H22N2O3/c1-15-13-20(16(2)27-15)22(26)24-11-9-23(10-12-24)21(25)19-8-7-17-5-3-4-6-18(17)14-19/h3-8,13-14H,9-12H2,1-2H3. The molecule has 1 saturated heterocycles. The summed E-state index contributed by atoms with van der Waals surface area (Å²) in [6.07, 6.45) is 0. The molecule has 0 spiro atoms. The minimum atomic E-state index is -0.0258. The van der Waals surface area contributed by atoms with Crippen LogP contribution in [0.4, 0.5) is 0 Å². The summed E-state index contributed by atoms with van der Waals surface area (Å²) in [7, 11) is 0. The predicted molar refractivity (Wildman–Crippen MR) is 104 cm³/mol. The molecule has 2 aromatic carbocycles. The zero-order valence-electron chi connectivity index (χ0n) is 15.6. The van der Waals surface area contributed by atoms with Crippen molar-refractivity contribution in [3.63, 3.8) is 0 Å². The van der Waals surface area contributed by atoms with Gasteiger partial charge in [0.25, 0.3) is 11.8 Å². The Morgan fingerprint density at radius 1 is 0.815 bits per heavy atom. The Kier molecular flexibility index (Phi) is 4.44. The minimum absolute atomic E-state index is 0.0168. The van der Waals surface area contributed by atoms with Crippen molar-refractivity contribution in [1.82, 2.24) is 9.80 Å². The molecule has 1 aliphatic rings. The van der Waals surface area contributed by atoms with Crippen molar-refractivity contribution in [2.45, 2.75) is 13.8 Å². The Morgan fingerprint density at radius 3 is 2.07 bits per heavy atom. The maximum absolute atomic E-state index is 12.9. The van der Waals surface area contributed by atoms with E-state index in [1.807, 2.05) is 54.3 Å². The summed E-state index contributed by atoms with van der Waals surface area (Å²) in [5.74, 6) is 1.37. The third-order valence-corrected chi connectivity index (χ3v) is 5.12. The molecule has 0 saturated carbocycles. The molecule has 2 heterocycles. The molecule has 0 N–H and O–H groups in total. The molecule has 1 aliphatic heterocycles. The Labute approximate surface area is 158 Å². The molecule has 1 aromatic heterocycles. The largest absolute Gasteiger partial charge is 0.466 e. The fraction of sp³-hybridized carbons (Fsp3) is 0.273. The van der Waals surface area contributed by atoms with Gasteiger partial charge < -0.3 is 14.2 Å². The fourth-order valence-electron chi connectivity index (χ4n) is 3.63. The summed E-state index contributed by atoms with van der Waals surface area (Å²) in [6, 6.07) is 15.6. The van der Waals surface area contributed by atoms with E-state index in [9.17, 15) is 9.59 Å². The van der Waals surface area contributed by atoms with Crippen molar-refractivity contribution < 1.29 is 14.0 Å². The average molecular weight is 362 g/mol. The van der Waals surface area contributed by atoms with E-state index < -0.39 is 0 Å². The van der Waals surface area contributed by atoms with E-state index in [0.29, 0.717) is 43.1 Å². The predicted octanol–water partition coefficient (Wildman–Crippen LogP) is 3.65. The lowest BCUT2D eigenvalue weighted by atomic mass is 10.1. The van der Waals surface area contributed by atoms with Gasteiger partial charge in [0.1, 0.15) is 11.5 Å². The minimum Gasteiger partial charge on any atom is -0.466 e. The van der Waals surface area contributed by atoms with Crippen molar-refractivity contribution in [3.8, 4) is 0 Å². The maximum Gasteiger partial charge on any atom is 0.257 e. The first-order valence-corrected chi connectivity index (χ1v) is 9.17. The zero-order valence-corrected chi connectivity index (χ0v) is 15.6. The van der Waals surface area contributed by atoms with Gasteiger partial charge in [-0.2, -0.15) is 0 Å². The van der Waals surface area contributed by atoms with Crippen LogP contribution in [-0.2, 0) is 0 Å². The van der Waals surface area contributed by atoms with Gasteiger partial charge in [-0.15, -0.1) is 0 Å². The highest BCUT2D eigenvalue weighted by Gasteiger charge is 2.27. The summed E-state index contributed by atoms with van der Waals surface area (Å²) in [4.78, 5) is 29.2. The van der Waals surface area contributed by atoms with Crippen LogP contribution in [0.5, 0.6) is 0 Å². The molecule has 0 aliphatic carbocycles. The number of amides is 2. The molecular weight excluding hydrogens is 340 g/mol. The zero-order chi connectivity index (χ0) is 19.0. The van der Waals surface area contributed by atoms with Gasteiger partial charge >= 0.3 is 0 Å². The summed E-state index contributed by atoms with van der Waals surface area (Å²) in [6.45, 7) is 5.77. The number of hydrogen-bond acceptors (Lipinski definition) is 3. The first-order valence-electron chi connectivity index (χ1n) is 9.17. The highest BCUT2D eigenvalue weighted by Crippen LogP contribution is 2.19. The Balaban J connectivity index is 1.44. The molecule has 1 fully saturated rings. The molecule has 5 heteroatoms. The van der Waals surface area contributed by atoms with Crippen molar-refractivity contribution in [1.29, 1.82) is 0 Å². The van der Waals surface area contributed by atoms with Crippen LogP contribution in [0, 0.1) is 13.8 Å². The number of fused-ring (bicyclic) bond motifs is 1. The number of hydrogen-bond donors (Lipinski definition) is 0. The van der Waals surface area contributed by atoms with E-state index in [2.05, 4.69) is 0 Å². The molecule has 0 atom stereocenters. The Bertz CT molecular complexity index is 1010. The van der Waals surface area contributed by atoms with Crippen LogP contribution in [0.2, 0.25) is 0 Å². The summed E-state index contributed by atoms with van der Waals surface area (Å²) in [5, 5.41) is 2.18. The molecule has 27 heavy (non-hydrogen) atoms. The van der Waals surface area contributed by atoms with E-state index in [1.54, 1.807) is 17.9 Å². The number of furan rings is 1. The molecule has 138 valence electrons. The monoisotopic (exact) mass is 362 g/mol. The van der Waals surface area contributed by atoms with Gasteiger partial charge in [-0.3, -0.25) is 9.59 Å². The van der Waals surface area contributed by atoms with E-state index >= 15 is 0 Å². The quantitative estimate of drug-likeness (QED) is 0.699. The lowest BCUT2D eigenvalue weighted by Crippen LogP contribution is -2.50. The summed E-state index contributed by atoms with van der Waals surface area (Å²) in [5.41, 5.74) is 1.30. The number of nitrogens with zero attached hydrogens (tertiary/aromatic N) is 2. The number of aryl methyl sites for hydroxylation is 2. The second kappa shape index (κ2) is 6.91. The van der Waals surface area contributed by atoms with Crippen LogP contribution in [0.15, 0.2) is 52.9 Å². The van der Waals surface area contributed by atoms with Crippen LogP contribution in [0.1, 0.15) is 32.2 Å². The number of piperazine rings is 1. The van der Waals surface area contributed by atoms with Crippen LogP contribution in [0.25, 0.3) is 10.8 Å². The lowest BCUT2D eigenvalue weighted by Gasteiger charge is -2.34. The third-order valence-electron chi connectivity index (χ3n) is 5.12. The summed E-state index contributed by atoms with van der Waals surface area (Å²) >= 11 is 0. The molecule has 2 amide bonds. The van der Waals surface area contributed by atoms with Crippen LogP contribution >= 0.6 is 0 Å². The van der Waals surface area contributed by atoms with Gasteiger partial charge in [0, 0.05) is 31.7 Å². The van der Waals surface area contributed by atoms with E-state index in [-0.39, 0.29) is 11.8 Å². The average Bonchev–Trinajstić information content (AvgIpc) is 3.04. The van der Waals surface area contributed by atoms with Gasteiger partial charge in [0.15, 0.2) is 0 Å². The first kappa shape index (κ1) is 17.3. The van der Waals surface area contributed by atoms with Gasteiger partial charge in [-0.1, -0.05) is 30.3 Å². The SMILES string of the molecule is Cc1cc(C(=O)N2CCN(C(=O)c3ccc4ccccc4c3)CC2)c(C)o1. The Hall–Kier alpha value is -3.08. The Morgan fingerprint density at radius 2 is 1.44 bits per heavy atom. The van der Waals surface area contributed by atoms with E-state index in [0.717, 1.165) is 16.5 Å². The van der Waals surface area contributed by atoms with E-state index in [1.165, 1.54) is 0 Å². The molecule has 0 radical (unpaired) electrons. The molecule has 4 rings (SSSR count). The maximum atomic E-state index is 12.9. The van der Waals surface area contributed by atoms with Gasteiger partial charge in [-0.05, 0) is 42.8 Å². The second-order valence-electron chi connectivity index (χ2n) is 6.97. The molecule has 0 unspecified atom stereocenters. The molecular formula is C22H22N2O3. The highest BCUT2D eigenvalue weighted by molar-refractivity contribution is 5.99. The lowest BCUT2D eigenvalue weighted by molar-refractivity contribution is 0.0534. The topological polar surface area (TPSA) is 53.8 Å². The van der Waals surface area contributed by atoms with Crippen molar-refractivity contribution in [3.05, 3.63) is 71.2 Å². The number of benzene rings is 2. The summed E-state index contributed by atoms with van der Waals surface area (Å²) < 4.78 is 5.47. The van der Waals surface area contributed by atoms with Gasteiger partial charge in [0.2, 0.25) is 0 Å². The van der Waals surface area contributed by atoms with Crippen molar-refractivity contribution >= 4 is 22.6 Å². The van der Waals surface area contributed by atoms with Crippen molar-refractivity contribution in [2.24, 2.45) is 0 Å². The van der Waals surface area contributed by atoms with Crippen molar-refractivity contribution in [2.75, 3.05) is 26.2 Å². The smallest absolute Gasteiger partial charge is 0.257 e. The normalized spacial score (nSPS) is 14.6. The number of rotatable bonds is 2. The number of carbonyl (C=O) groups is 2. The van der Waals surface area contributed by atoms with Gasteiger partial charge in [-0.25, -0.2) is 0 Å². The van der Waals surface area contributed by atoms with Crippen LogP contribution in [0.3, 0.4) is 0 Å². The van der Waals surface area contributed by atoms with E-state index in [4.69, 9.17) is 4.42 Å². The molecule has 5 nitrogen and oxygen atoms in total. The fourth-order valence-corrected chi connectivity index (χ4v) is 3.63. The molecule has 3 aromatic rings.